The Morgan fingerprint density at radius 1 is 1.15 bits per heavy atom. The van der Waals surface area contributed by atoms with E-state index < -0.39 is 0 Å². The fraction of sp³-hybridized carbons (Fsp3) is 0.312. The van der Waals surface area contributed by atoms with Crippen molar-refractivity contribution in [3.05, 3.63) is 58.7 Å². The Labute approximate surface area is 119 Å². The first kappa shape index (κ1) is 14.2. The highest BCUT2D eigenvalue weighted by molar-refractivity contribution is 5.91. The van der Waals surface area contributed by atoms with E-state index in [9.17, 15) is 4.79 Å². The number of benzene rings is 1. The van der Waals surface area contributed by atoms with Crippen molar-refractivity contribution in [3.8, 4) is 0 Å². The second-order valence-electron chi connectivity index (χ2n) is 5.13. The van der Waals surface area contributed by atoms with Crippen LogP contribution in [0.4, 0.5) is 0 Å². The summed E-state index contributed by atoms with van der Waals surface area (Å²) in [5, 5.41) is 0. The molecule has 0 radical (unpaired) electrons. The SMILES string of the molecule is Cc1ccc(CN(C)C(=O)c2cnc(C)cn2)c(C)c1. The maximum absolute atomic E-state index is 12.3. The normalized spacial score (nSPS) is 10.4. The van der Waals surface area contributed by atoms with Crippen molar-refractivity contribution in [3.63, 3.8) is 0 Å². The monoisotopic (exact) mass is 269 g/mol. The van der Waals surface area contributed by atoms with Crippen LogP contribution in [0.5, 0.6) is 0 Å². The van der Waals surface area contributed by atoms with Crippen LogP contribution in [0, 0.1) is 20.8 Å². The summed E-state index contributed by atoms with van der Waals surface area (Å²) in [6.07, 6.45) is 3.13. The lowest BCUT2D eigenvalue weighted by molar-refractivity contribution is 0.0778. The number of hydrogen-bond acceptors (Lipinski definition) is 3. The van der Waals surface area contributed by atoms with Crippen LogP contribution in [0.2, 0.25) is 0 Å². The third-order valence-electron chi connectivity index (χ3n) is 3.25. The van der Waals surface area contributed by atoms with Gasteiger partial charge in [0.25, 0.3) is 5.91 Å². The number of rotatable bonds is 3. The van der Waals surface area contributed by atoms with Crippen LogP contribution in [0.25, 0.3) is 0 Å². The Balaban J connectivity index is 2.13. The van der Waals surface area contributed by atoms with Gasteiger partial charge in [0.05, 0.1) is 11.9 Å². The van der Waals surface area contributed by atoms with Crippen LogP contribution in [-0.4, -0.2) is 27.8 Å². The summed E-state index contributed by atoms with van der Waals surface area (Å²) >= 11 is 0. The Bertz CT molecular complexity index is 620. The minimum Gasteiger partial charge on any atom is -0.336 e. The summed E-state index contributed by atoms with van der Waals surface area (Å²) in [6, 6.07) is 6.25. The van der Waals surface area contributed by atoms with Crippen molar-refractivity contribution < 1.29 is 4.79 Å². The molecule has 2 aromatic rings. The standard InChI is InChI=1S/C16H19N3O/c1-11-5-6-14(12(2)7-11)10-19(4)16(20)15-9-17-13(3)8-18-15/h5-9H,10H2,1-4H3. The highest BCUT2D eigenvalue weighted by Crippen LogP contribution is 2.13. The van der Waals surface area contributed by atoms with Gasteiger partial charge in [0.1, 0.15) is 5.69 Å². The fourth-order valence-electron chi connectivity index (χ4n) is 2.05. The summed E-state index contributed by atoms with van der Waals surface area (Å²) < 4.78 is 0. The van der Waals surface area contributed by atoms with Gasteiger partial charge in [-0.3, -0.25) is 9.78 Å². The van der Waals surface area contributed by atoms with Crippen molar-refractivity contribution in [2.24, 2.45) is 0 Å². The molecule has 4 heteroatoms. The summed E-state index contributed by atoms with van der Waals surface area (Å²) in [7, 11) is 1.78. The van der Waals surface area contributed by atoms with E-state index in [1.165, 1.54) is 17.3 Å². The Kier molecular flexibility index (Phi) is 4.13. The quantitative estimate of drug-likeness (QED) is 0.860. The van der Waals surface area contributed by atoms with E-state index in [2.05, 4.69) is 42.0 Å². The number of hydrogen-bond donors (Lipinski definition) is 0. The molecule has 0 aliphatic rings. The topological polar surface area (TPSA) is 46.1 Å². The van der Waals surface area contributed by atoms with Crippen LogP contribution >= 0.6 is 0 Å². The summed E-state index contributed by atoms with van der Waals surface area (Å²) in [5.41, 5.74) is 4.75. The molecule has 0 atom stereocenters. The first-order valence-corrected chi connectivity index (χ1v) is 6.57. The molecule has 0 aliphatic carbocycles. The first-order chi connectivity index (χ1) is 9.47. The molecule has 1 aromatic heterocycles. The molecule has 0 spiro atoms. The second kappa shape index (κ2) is 5.82. The van der Waals surface area contributed by atoms with Gasteiger partial charge in [-0.15, -0.1) is 0 Å². The second-order valence-corrected chi connectivity index (χ2v) is 5.13. The third-order valence-corrected chi connectivity index (χ3v) is 3.25. The maximum atomic E-state index is 12.3. The molecule has 1 heterocycles. The summed E-state index contributed by atoms with van der Waals surface area (Å²) in [5.74, 6) is -0.113. The molecule has 1 amide bonds. The van der Waals surface area contributed by atoms with Gasteiger partial charge in [-0.05, 0) is 31.9 Å². The van der Waals surface area contributed by atoms with E-state index in [-0.39, 0.29) is 5.91 Å². The van der Waals surface area contributed by atoms with Gasteiger partial charge in [0.15, 0.2) is 0 Å². The number of amides is 1. The molecule has 20 heavy (non-hydrogen) atoms. The van der Waals surface area contributed by atoms with Crippen LogP contribution in [0.3, 0.4) is 0 Å². The molecule has 0 saturated heterocycles. The van der Waals surface area contributed by atoms with Crippen LogP contribution in [-0.2, 0) is 6.54 Å². The van der Waals surface area contributed by atoms with E-state index in [0.717, 1.165) is 11.3 Å². The molecule has 0 bridgehead atoms. The zero-order valence-electron chi connectivity index (χ0n) is 12.3. The number of carbonyl (C=O) groups is 1. The van der Waals surface area contributed by atoms with E-state index >= 15 is 0 Å². The highest BCUT2D eigenvalue weighted by atomic mass is 16.2. The fourth-order valence-corrected chi connectivity index (χ4v) is 2.05. The average molecular weight is 269 g/mol. The third kappa shape index (κ3) is 3.20. The number of aromatic nitrogens is 2. The molecule has 0 unspecified atom stereocenters. The van der Waals surface area contributed by atoms with Crippen LogP contribution in [0.1, 0.15) is 32.9 Å². The lowest BCUT2D eigenvalue weighted by atomic mass is 10.1. The van der Waals surface area contributed by atoms with Crippen molar-refractivity contribution in [1.29, 1.82) is 0 Å². The first-order valence-electron chi connectivity index (χ1n) is 6.57. The predicted molar refractivity (Wildman–Crippen MR) is 78.5 cm³/mol. The highest BCUT2D eigenvalue weighted by Gasteiger charge is 2.14. The molecule has 0 N–H and O–H groups in total. The van der Waals surface area contributed by atoms with Crippen molar-refractivity contribution in [2.75, 3.05) is 7.05 Å². The van der Waals surface area contributed by atoms with Gasteiger partial charge in [-0.25, -0.2) is 4.98 Å². The van der Waals surface area contributed by atoms with Crippen molar-refractivity contribution >= 4 is 5.91 Å². The molecule has 2 rings (SSSR count). The van der Waals surface area contributed by atoms with Gasteiger partial charge >= 0.3 is 0 Å². The van der Waals surface area contributed by atoms with Crippen molar-refractivity contribution in [2.45, 2.75) is 27.3 Å². The molecule has 1 aromatic carbocycles. The Morgan fingerprint density at radius 2 is 1.90 bits per heavy atom. The molecule has 104 valence electrons. The van der Waals surface area contributed by atoms with Crippen LogP contribution in [0.15, 0.2) is 30.6 Å². The van der Waals surface area contributed by atoms with Gasteiger partial charge in [0, 0.05) is 19.8 Å². The van der Waals surface area contributed by atoms with Gasteiger partial charge in [-0.2, -0.15) is 0 Å². The van der Waals surface area contributed by atoms with E-state index in [1.807, 2.05) is 6.92 Å². The maximum Gasteiger partial charge on any atom is 0.274 e. The van der Waals surface area contributed by atoms with E-state index in [1.54, 1.807) is 18.1 Å². The zero-order valence-corrected chi connectivity index (χ0v) is 12.3. The predicted octanol–water partition coefficient (Wildman–Crippen LogP) is 2.67. The molecule has 0 fully saturated rings. The summed E-state index contributed by atoms with van der Waals surface area (Å²) in [6.45, 7) is 6.54. The zero-order chi connectivity index (χ0) is 14.7. The van der Waals surface area contributed by atoms with Crippen LogP contribution < -0.4 is 0 Å². The van der Waals surface area contributed by atoms with Gasteiger partial charge < -0.3 is 4.90 Å². The van der Waals surface area contributed by atoms with E-state index in [4.69, 9.17) is 0 Å². The van der Waals surface area contributed by atoms with Crippen molar-refractivity contribution in [1.82, 2.24) is 14.9 Å². The minimum atomic E-state index is -0.113. The molecule has 0 saturated carbocycles. The summed E-state index contributed by atoms with van der Waals surface area (Å²) in [4.78, 5) is 22.2. The largest absolute Gasteiger partial charge is 0.336 e. The lowest BCUT2D eigenvalue weighted by Gasteiger charge is -2.18. The number of aryl methyl sites for hydroxylation is 3. The molecule has 0 aliphatic heterocycles. The minimum absolute atomic E-state index is 0.113. The lowest BCUT2D eigenvalue weighted by Crippen LogP contribution is -2.27. The number of nitrogens with zero attached hydrogens (tertiary/aromatic N) is 3. The Hall–Kier alpha value is -2.23. The molecular weight excluding hydrogens is 250 g/mol. The molecule has 4 nitrogen and oxygen atoms in total. The number of carbonyl (C=O) groups excluding carboxylic acids is 1. The smallest absolute Gasteiger partial charge is 0.274 e. The average Bonchev–Trinajstić information content (AvgIpc) is 2.42. The Morgan fingerprint density at radius 3 is 2.50 bits per heavy atom. The van der Waals surface area contributed by atoms with Gasteiger partial charge in [0.2, 0.25) is 0 Å². The van der Waals surface area contributed by atoms with E-state index in [0.29, 0.717) is 12.2 Å². The molecular formula is C16H19N3O. The van der Waals surface area contributed by atoms with Gasteiger partial charge in [-0.1, -0.05) is 23.8 Å².